The van der Waals surface area contributed by atoms with Crippen molar-refractivity contribution in [1.29, 1.82) is 0 Å². The summed E-state index contributed by atoms with van der Waals surface area (Å²) in [4.78, 5) is 10.8. The van der Waals surface area contributed by atoms with Gasteiger partial charge in [-0.2, -0.15) is 0 Å². The van der Waals surface area contributed by atoms with E-state index in [9.17, 15) is 13.2 Å². The smallest absolute Gasteiger partial charge is 0.240 e. The van der Waals surface area contributed by atoms with Crippen LogP contribution in [0.25, 0.3) is 0 Å². The maximum absolute atomic E-state index is 12.1. The molecule has 4 N–H and O–H groups in total. The Hall–Kier alpha value is -1.88. The summed E-state index contributed by atoms with van der Waals surface area (Å²) in [5.74, 6) is 4.98. The number of nitrogens with one attached hydrogen (secondary N) is 1. The normalized spacial score (nSPS) is 12.3. The topological polar surface area (TPSA) is 109 Å². The number of primary amides is 1. The third-order valence-electron chi connectivity index (χ3n) is 2.50. The molecule has 7 heteroatoms. The lowest BCUT2D eigenvalue weighted by molar-refractivity contribution is -0.118. The zero-order valence-electron chi connectivity index (χ0n) is 11.7. The molecule has 0 radical (unpaired) electrons. The number of carbonyl (C=O) groups is 1. The molecule has 0 heterocycles. The Morgan fingerprint density at radius 1 is 1.38 bits per heavy atom. The van der Waals surface area contributed by atoms with Gasteiger partial charge in [0.05, 0.1) is 11.5 Å². The molecule has 21 heavy (non-hydrogen) atoms. The molecule has 0 fully saturated rings. The second-order valence-corrected chi connectivity index (χ2v) is 6.21. The first-order valence-electron chi connectivity index (χ1n) is 6.35. The fraction of sp³-hybridized carbons (Fsp3) is 0.357. The summed E-state index contributed by atoms with van der Waals surface area (Å²) in [5, 5.41) is 8.62. The molecule has 1 amide bonds. The molecule has 0 aliphatic heterocycles. The molecule has 1 aromatic carbocycles. The zero-order chi connectivity index (χ0) is 15.9. The molecule has 1 rings (SSSR count). The van der Waals surface area contributed by atoms with E-state index >= 15 is 0 Å². The molecule has 1 unspecified atom stereocenters. The van der Waals surface area contributed by atoms with Crippen molar-refractivity contribution in [1.82, 2.24) is 4.72 Å². The number of hydrogen-bond donors (Lipinski definition) is 3. The van der Waals surface area contributed by atoms with Crippen molar-refractivity contribution >= 4 is 15.9 Å². The fourth-order valence-electron chi connectivity index (χ4n) is 1.61. The number of aliphatic hydroxyl groups is 1. The van der Waals surface area contributed by atoms with Gasteiger partial charge in [-0.1, -0.05) is 11.8 Å². The Bertz CT molecular complexity index is 642. The molecule has 0 spiro atoms. The number of amides is 1. The predicted molar refractivity (Wildman–Crippen MR) is 78.6 cm³/mol. The lowest BCUT2D eigenvalue weighted by atomic mass is 10.2. The first-order chi connectivity index (χ1) is 9.85. The van der Waals surface area contributed by atoms with Crippen LogP contribution >= 0.6 is 0 Å². The first-order valence-corrected chi connectivity index (χ1v) is 7.84. The van der Waals surface area contributed by atoms with Crippen LogP contribution in [0.3, 0.4) is 0 Å². The van der Waals surface area contributed by atoms with Gasteiger partial charge in [-0.05, 0) is 31.2 Å². The van der Waals surface area contributed by atoms with Crippen LogP contribution in [0.15, 0.2) is 29.2 Å². The molecule has 0 saturated carbocycles. The van der Waals surface area contributed by atoms with Crippen LogP contribution in [0, 0.1) is 11.8 Å². The molecular weight excluding hydrogens is 292 g/mol. The van der Waals surface area contributed by atoms with Crippen molar-refractivity contribution in [3.05, 3.63) is 29.8 Å². The van der Waals surface area contributed by atoms with E-state index in [4.69, 9.17) is 10.8 Å². The molecule has 0 bridgehead atoms. The molecule has 0 aliphatic rings. The van der Waals surface area contributed by atoms with Gasteiger partial charge in [0.2, 0.25) is 15.9 Å². The van der Waals surface area contributed by atoms with Gasteiger partial charge in [0.15, 0.2) is 0 Å². The monoisotopic (exact) mass is 310 g/mol. The van der Waals surface area contributed by atoms with Crippen molar-refractivity contribution in [3.8, 4) is 11.8 Å². The Balaban J connectivity index is 2.81. The lowest BCUT2D eigenvalue weighted by Gasteiger charge is -2.12. The highest BCUT2D eigenvalue weighted by Crippen LogP contribution is 2.11. The van der Waals surface area contributed by atoms with E-state index in [1.807, 2.05) is 0 Å². The second-order valence-electron chi connectivity index (χ2n) is 4.49. The number of hydrogen-bond acceptors (Lipinski definition) is 4. The minimum Gasteiger partial charge on any atom is -0.395 e. The Labute approximate surface area is 124 Å². The lowest BCUT2D eigenvalue weighted by Crippen LogP contribution is -2.35. The SMILES string of the molecule is CC(CC(N)=O)NS(=O)(=O)c1ccc(C#CCCO)cc1. The largest absolute Gasteiger partial charge is 0.395 e. The molecule has 0 aromatic heterocycles. The van der Waals surface area contributed by atoms with Crippen molar-refractivity contribution < 1.29 is 18.3 Å². The summed E-state index contributed by atoms with van der Waals surface area (Å²) in [7, 11) is -3.69. The average molecular weight is 310 g/mol. The van der Waals surface area contributed by atoms with E-state index in [1.165, 1.54) is 12.1 Å². The number of rotatable bonds is 6. The predicted octanol–water partition coefficient (Wildman–Crippen LogP) is -0.0373. The summed E-state index contributed by atoms with van der Waals surface area (Å²) >= 11 is 0. The number of nitrogens with two attached hydrogens (primary N) is 1. The van der Waals surface area contributed by atoms with Crippen LogP contribution in [-0.4, -0.2) is 32.1 Å². The molecule has 0 saturated heterocycles. The quantitative estimate of drug-likeness (QED) is 0.641. The van der Waals surface area contributed by atoms with E-state index in [-0.39, 0.29) is 17.9 Å². The van der Waals surface area contributed by atoms with Crippen LogP contribution in [-0.2, 0) is 14.8 Å². The van der Waals surface area contributed by atoms with Gasteiger partial charge >= 0.3 is 0 Å². The highest BCUT2D eigenvalue weighted by atomic mass is 32.2. The highest BCUT2D eigenvalue weighted by Gasteiger charge is 2.18. The van der Waals surface area contributed by atoms with Gasteiger partial charge in [0, 0.05) is 24.4 Å². The van der Waals surface area contributed by atoms with E-state index in [0.717, 1.165) is 0 Å². The van der Waals surface area contributed by atoms with Crippen molar-refractivity contribution in [3.63, 3.8) is 0 Å². The van der Waals surface area contributed by atoms with Gasteiger partial charge in [0.1, 0.15) is 0 Å². The van der Waals surface area contributed by atoms with Crippen molar-refractivity contribution in [2.45, 2.75) is 30.7 Å². The van der Waals surface area contributed by atoms with Gasteiger partial charge in [-0.15, -0.1) is 0 Å². The summed E-state index contributed by atoms with van der Waals surface area (Å²) in [5.41, 5.74) is 5.68. The van der Waals surface area contributed by atoms with E-state index in [1.54, 1.807) is 19.1 Å². The molecule has 1 aromatic rings. The van der Waals surface area contributed by atoms with E-state index in [0.29, 0.717) is 12.0 Å². The molecule has 114 valence electrons. The Kier molecular flexibility index (Phi) is 6.37. The number of carbonyl (C=O) groups excluding carboxylic acids is 1. The fourth-order valence-corrected chi connectivity index (χ4v) is 2.86. The Morgan fingerprint density at radius 2 is 2.00 bits per heavy atom. The zero-order valence-corrected chi connectivity index (χ0v) is 12.5. The Morgan fingerprint density at radius 3 is 2.52 bits per heavy atom. The molecule has 1 atom stereocenters. The van der Waals surface area contributed by atoms with Gasteiger partial charge in [-0.3, -0.25) is 4.79 Å². The van der Waals surface area contributed by atoms with Crippen LogP contribution in [0.2, 0.25) is 0 Å². The third kappa shape index (κ3) is 5.95. The number of sulfonamides is 1. The number of aliphatic hydroxyl groups excluding tert-OH is 1. The standard InChI is InChI=1S/C14H18N2O4S/c1-11(10-14(15)18)16-21(19,20)13-7-5-12(6-8-13)4-2-3-9-17/h5-8,11,16-17H,3,9-10H2,1H3,(H2,15,18). The highest BCUT2D eigenvalue weighted by molar-refractivity contribution is 7.89. The van der Waals surface area contributed by atoms with E-state index < -0.39 is 22.0 Å². The minimum atomic E-state index is -3.69. The van der Waals surface area contributed by atoms with Crippen LogP contribution in [0.5, 0.6) is 0 Å². The van der Waals surface area contributed by atoms with Crippen molar-refractivity contribution in [2.75, 3.05) is 6.61 Å². The minimum absolute atomic E-state index is 0.0128. The third-order valence-corrected chi connectivity index (χ3v) is 4.10. The summed E-state index contributed by atoms with van der Waals surface area (Å²) < 4.78 is 26.5. The first kappa shape index (κ1) is 17.2. The van der Waals surface area contributed by atoms with Crippen LogP contribution < -0.4 is 10.5 Å². The summed E-state index contributed by atoms with van der Waals surface area (Å²) in [6.45, 7) is 1.55. The van der Waals surface area contributed by atoms with E-state index in [2.05, 4.69) is 16.6 Å². The molecular formula is C14H18N2O4S. The summed E-state index contributed by atoms with van der Waals surface area (Å²) in [6.07, 6.45) is 0.302. The number of benzene rings is 1. The van der Waals surface area contributed by atoms with Gasteiger partial charge in [-0.25, -0.2) is 13.1 Å². The second kappa shape index (κ2) is 7.78. The van der Waals surface area contributed by atoms with Gasteiger partial charge in [0.25, 0.3) is 0 Å². The maximum atomic E-state index is 12.1. The molecule has 6 nitrogen and oxygen atoms in total. The molecule has 0 aliphatic carbocycles. The summed E-state index contributed by atoms with van der Waals surface area (Å²) in [6, 6.07) is 5.46. The van der Waals surface area contributed by atoms with Crippen molar-refractivity contribution in [2.24, 2.45) is 5.73 Å². The average Bonchev–Trinajstić information content (AvgIpc) is 2.38. The van der Waals surface area contributed by atoms with Gasteiger partial charge < -0.3 is 10.8 Å². The van der Waals surface area contributed by atoms with Crippen LogP contribution in [0.1, 0.15) is 25.3 Å². The van der Waals surface area contributed by atoms with Crippen LogP contribution in [0.4, 0.5) is 0 Å². The maximum Gasteiger partial charge on any atom is 0.240 e.